The molecular formula is C14H8CoN2O8. The van der Waals surface area contributed by atoms with Gasteiger partial charge in [-0.3, -0.25) is 20.2 Å². The van der Waals surface area contributed by atoms with Crippen molar-refractivity contribution in [3.05, 3.63) is 79.9 Å². The number of nitrogens with zero attached hydrogens (tertiary/aromatic N) is 2. The van der Waals surface area contributed by atoms with E-state index >= 15 is 0 Å². The van der Waals surface area contributed by atoms with Crippen molar-refractivity contribution in [2.45, 2.75) is 0 Å². The van der Waals surface area contributed by atoms with Crippen LogP contribution in [0.4, 0.5) is 11.4 Å². The van der Waals surface area contributed by atoms with Crippen molar-refractivity contribution in [1.29, 1.82) is 0 Å². The maximum atomic E-state index is 10.3. The number of nitro groups is 2. The Morgan fingerprint density at radius 3 is 1.16 bits per heavy atom. The second-order valence-corrected chi connectivity index (χ2v) is 4.12. The Morgan fingerprint density at radius 2 is 0.960 bits per heavy atom. The fourth-order valence-corrected chi connectivity index (χ4v) is 1.61. The van der Waals surface area contributed by atoms with E-state index in [1.165, 1.54) is 24.3 Å². The molecule has 0 unspecified atom stereocenters. The van der Waals surface area contributed by atoms with Gasteiger partial charge in [-0.2, -0.15) is 0 Å². The normalized spacial score (nSPS) is 8.96. The zero-order chi connectivity index (χ0) is 18.3. The van der Waals surface area contributed by atoms with Crippen LogP contribution in [0.5, 0.6) is 0 Å². The van der Waals surface area contributed by atoms with Gasteiger partial charge < -0.3 is 19.8 Å². The molecule has 0 heterocycles. The molecule has 10 nitrogen and oxygen atoms in total. The molecule has 0 atom stereocenters. The number of rotatable bonds is 4. The molecule has 2 aromatic rings. The van der Waals surface area contributed by atoms with Gasteiger partial charge in [0.2, 0.25) is 0 Å². The number of carboxylic acid groups (broad SMARTS) is 2. The molecule has 11 heteroatoms. The van der Waals surface area contributed by atoms with E-state index in [2.05, 4.69) is 0 Å². The van der Waals surface area contributed by atoms with Gasteiger partial charge in [0, 0.05) is 12.1 Å². The zero-order valence-electron chi connectivity index (χ0n) is 12.1. The summed E-state index contributed by atoms with van der Waals surface area (Å²) in [6, 6.07) is 10.1. The monoisotopic (exact) mass is 391 g/mol. The number of carbonyl (C=O) groups excluding carboxylic acids is 2. The third kappa shape index (κ3) is 6.00. The van der Waals surface area contributed by atoms with Crippen LogP contribution in [-0.4, -0.2) is 21.8 Å². The van der Waals surface area contributed by atoms with Crippen LogP contribution in [0, 0.1) is 20.2 Å². The van der Waals surface area contributed by atoms with Crippen molar-refractivity contribution in [3.63, 3.8) is 0 Å². The molecule has 0 amide bonds. The number of hydrogen-bond acceptors (Lipinski definition) is 8. The summed E-state index contributed by atoms with van der Waals surface area (Å²) < 4.78 is 0. The van der Waals surface area contributed by atoms with Crippen molar-refractivity contribution in [2.24, 2.45) is 0 Å². The first-order valence-corrected chi connectivity index (χ1v) is 6.15. The average molecular weight is 391 g/mol. The van der Waals surface area contributed by atoms with E-state index in [4.69, 9.17) is 0 Å². The quantitative estimate of drug-likeness (QED) is 0.515. The van der Waals surface area contributed by atoms with Crippen LogP contribution in [0.2, 0.25) is 0 Å². The topological polar surface area (TPSA) is 167 Å². The summed E-state index contributed by atoms with van der Waals surface area (Å²) in [7, 11) is 0. The molecule has 0 saturated heterocycles. The van der Waals surface area contributed by atoms with Gasteiger partial charge >= 0.3 is 16.8 Å². The van der Waals surface area contributed by atoms with Gasteiger partial charge in [0.15, 0.2) is 0 Å². The number of para-hydroxylation sites is 2. The molecule has 25 heavy (non-hydrogen) atoms. The number of carboxylic acids is 2. The Hall–Kier alpha value is -3.31. The van der Waals surface area contributed by atoms with E-state index in [-0.39, 0.29) is 16.8 Å². The molecule has 0 saturated carbocycles. The first kappa shape index (κ1) is 21.7. The minimum Gasteiger partial charge on any atom is -0.545 e. The number of hydrogen-bond donors (Lipinski definition) is 0. The van der Waals surface area contributed by atoms with Gasteiger partial charge in [-0.15, -0.1) is 0 Å². The van der Waals surface area contributed by atoms with E-state index in [0.29, 0.717) is 0 Å². The summed E-state index contributed by atoms with van der Waals surface area (Å²) in [6.07, 6.45) is 0. The summed E-state index contributed by atoms with van der Waals surface area (Å²) in [6.45, 7) is 0. The van der Waals surface area contributed by atoms with Gasteiger partial charge in [0.25, 0.3) is 11.4 Å². The first-order chi connectivity index (χ1) is 11.3. The van der Waals surface area contributed by atoms with Crippen LogP contribution in [0.1, 0.15) is 20.7 Å². The Balaban J connectivity index is 0.000000443. The number of aromatic carboxylic acids is 2. The Labute approximate surface area is 150 Å². The molecule has 0 spiro atoms. The van der Waals surface area contributed by atoms with Crippen molar-refractivity contribution < 1.29 is 46.4 Å². The molecule has 2 rings (SSSR count). The molecule has 0 bridgehead atoms. The number of benzene rings is 2. The van der Waals surface area contributed by atoms with Crippen molar-refractivity contribution in [1.82, 2.24) is 0 Å². The smallest absolute Gasteiger partial charge is 0.545 e. The van der Waals surface area contributed by atoms with Crippen LogP contribution in [0.3, 0.4) is 0 Å². The van der Waals surface area contributed by atoms with E-state index in [0.717, 1.165) is 24.3 Å². The van der Waals surface area contributed by atoms with Crippen LogP contribution in [0.25, 0.3) is 0 Å². The molecule has 1 radical (unpaired) electrons. The Morgan fingerprint density at radius 1 is 0.680 bits per heavy atom. The Bertz CT molecular complexity index is 675. The number of carbonyl (C=O) groups is 2. The van der Waals surface area contributed by atoms with Crippen LogP contribution < -0.4 is 10.2 Å². The second kappa shape index (κ2) is 9.74. The van der Waals surface area contributed by atoms with E-state index in [1.807, 2.05) is 0 Å². The van der Waals surface area contributed by atoms with Crippen LogP contribution >= 0.6 is 0 Å². The molecule has 0 aliphatic carbocycles. The summed E-state index contributed by atoms with van der Waals surface area (Å²) >= 11 is 0. The second-order valence-electron chi connectivity index (χ2n) is 4.12. The zero-order valence-corrected chi connectivity index (χ0v) is 13.2. The van der Waals surface area contributed by atoms with E-state index in [1.54, 1.807) is 0 Å². The predicted molar refractivity (Wildman–Crippen MR) is 74.9 cm³/mol. The molecule has 0 aromatic heterocycles. The van der Waals surface area contributed by atoms with Gasteiger partial charge in [0.1, 0.15) is 0 Å². The van der Waals surface area contributed by atoms with E-state index in [9.17, 15) is 40.0 Å². The minimum atomic E-state index is -1.54. The fraction of sp³-hybridized carbons (Fsp3) is 0. The minimum absolute atomic E-state index is 0. The van der Waals surface area contributed by atoms with Gasteiger partial charge in [-0.05, 0) is 12.1 Å². The molecule has 0 aliphatic heterocycles. The van der Waals surface area contributed by atoms with Crippen LogP contribution in [-0.2, 0) is 16.8 Å². The van der Waals surface area contributed by atoms with Crippen molar-refractivity contribution in [3.8, 4) is 0 Å². The maximum absolute atomic E-state index is 10.3. The first-order valence-electron chi connectivity index (χ1n) is 6.15. The third-order valence-electron chi connectivity index (χ3n) is 2.64. The largest absolute Gasteiger partial charge is 2.00 e. The molecule has 131 valence electrons. The van der Waals surface area contributed by atoms with Crippen molar-refractivity contribution >= 4 is 23.3 Å². The SMILES string of the molecule is O=C([O-])c1ccccc1[N+](=O)[O-].O=C([O-])c1ccccc1[N+](=O)[O-].[Co+2]. The van der Waals surface area contributed by atoms with Crippen LogP contribution in [0.15, 0.2) is 48.5 Å². The molecule has 0 N–H and O–H groups in total. The standard InChI is InChI=1S/2C7H5NO4.Co/c2*9-7(10)5-3-1-2-4-6(5)8(11)12;/h2*1-4H,(H,9,10);/q;;+2/p-2. The summed E-state index contributed by atoms with van der Waals surface area (Å²) in [5.74, 6) is -3.08. The maximum Gasteiger partial charge on any atom is 2.00 e. The number of nitro benzene ring substituents is 2. The fourth-order valence-electron chi connectivity index (χ4n) is 1.61. The predicted octanol–water partition coefficient (Wildman–Crippen LogP) is -0.0859. The molecule has 0 fully saturated rings. The van der Waals surface area contributed by atoms with Gasteiger partial charge in [-0.1, -0.05) is 24.3 Å². The van der Waals surface area contributed by atoms with Gasteiger partial charge in [-0.25, -0.2) is 0 Å². The van der Waals surface area contributed by atoms with Crippen molar-refractivity contribution in [2.75, 3.05) is 0 Å². The summed E-state index contributed by atoms with van der Waals surface area (Å²) in [5, 5.41) is 41.1. The van der Waals surface area contributed by atoms with Gasteiger partial charge in [0.05, 0.1) is 32.9 Å². The third-order valence-corrected chi connectivity index (χ3v) is 2.64. The molecule has 2 aromatic carbocycles. The summed E-state index contributed by atoms with van der Waals surface area (Å²) in [5.41, 5.74) is -1.69. The Kier molecular flexibility index (Phi) is 8.45. The average Bonchev–Trinajstić information content (AvgIpc) is 2.55. The molecular weight excluding hydrogens is 383 g/mol. The molecule has 0 aliphatic rings. The van der Waals surface area contributed by atoms with E-state index < -0.39 is 44.3 Å². The summed E-state index contributed by atoms with van der Waals surface area (Å²) in [4.78, 5) is 39.6.